The van der Waals surface area contributed by atoms with Gasteiger partial charge in [0.25, 0.3) is 0 Å². The molecule has 0 atom stereocenters. The van der Waals surface area contributed by atoms with Crippen molar-refractivity contribution in [2.75, 3.05) is 5.32 Å². The van der Waals surface area contributed by atoms with Gasteiger partial charge in [-0.25, -0.2) is 0 Å². The molecule has 0 aliphatic heterocycles. The third kappa shape index (κ3) is 3.15. The number of halogens is 1. The first-order chi connectivity index (χ1) is 11.0. The van der Waals surface area contributed by atoms with Crippen molar-refractivity contribution in [3.8, 4) is 6.07 Å². The first-order valence-electron chi connectivity index (χ1n) is 7.54. The second-order valence-electron chi connectivity index (χ2n) is 5.85. The van der Waals surface area contributed by atoms with Crippen LogP contribution in [-0.2, 0) is 16.8 Å². The zero-order valence-corrected chi connectivity index (χ0v) is 14.4. The Morgan fingerprint density at radius 1 is 1.48 bits per heavy atom. The Morgan fingerprint density at radius 2 is 2.26 bits per heavy atom. The maximum absolute atomic E-state index is 12.7. The monoisotopic (exact) mass is 372 g/mol. The highest BCUT2D eigenvalue weighted by Crippen LogP contribution is 2.49. The third-order valence-electron chi connectivity index (χ3n) is 4.22. The fourth-order valence-corrected chi connectivity index (χ4v) is 3.15. The predicted molar refractivity (Wildman–Crippen MR) is 90.9 cm³/mol. The van der Waals surface area contributed by atoms with E-state index in [4.69, 9.17) is 5.26 Å². The van der Waals surface area contributed by atoms with Crippen molar-refractivity contribution in [2.24, 2.45) is 0 Å². The molecular formula is C17H17BrN4O. The SMILES string of the molecule is Cc1cc(NC(=O)C2(c3cccc(Br)c3)CC2)nn1CCC#N. The minimum atomic E-state index is -0.436. The molecule has 0 saturated heterocycles. The Morgan fingerprint density at radius 3 is 2.91 bits per heavy atom. The second-order valence-corrected chi connectivity index (χ2v) is 6.76. The molecular weight excluding hydrogens is 356 g/mol. The number of amides is 1. The fourth-order valence-electron chi connectivity index (χ4n) is 2.75. The molecule has 118 valence electrons. The van der Waals surface area contributed by atoms with Crippen molar-refractivity contribution in [3.05, 3.63) is 46.1 Å². The van der Waals surface area contributed by atoms with Crippen molar-refractivity contribution in [1.82, 2.24) is 9.78 Å². The van der Waals surface area contributed by atoms with Crippen LogP contribution in [0.25, 0.3) is 0 Å². The largest absolute Gasteiger partial charge is 0.308 e. The van der Waals surface area contributed by atoms with Crippen molar-refractivity contribution in [3.63, 3.8) is 0 Å². The summed E-state index contributed by atoms with van der Waals surface area (Å²) in [6.45, 7) is 2.45. The minimum Gasteiger partial charge on any atom is -0.308 e. The van der Waals surface area contributed by atoms with Gasteiger partial charge in [0, 0.05) is 16.2 Å². The summed E-state index contributed by atoms with van der Waals surface area (Å²) >= 11 is 3.46. The molecule has 1 aliphatic rings. The topological polar surface area (TPSA) is 70.7 Å². The summed E-state index contributed by atoms with van der Waals surface area (Å²) in [7, 11) is 0. The Kier molecular flexibility index (Phi) is 4.22. The summed E-state index contributed by atoms with van der Waals surface area (Å²) in [5.74, 6) is 0.534. The first-order valence-corrected chi connectivity index (χ1v) is 8.33. The lowest BCUT2D eigenvalue weighted by Crippen LogP contribution is -2.28. The third-order valence-corrected chi connectivity index (χ3v) is 4.71. The second kappa shape index (κ2) is 6.17. The minimum absolute atomic E-state index is 0.0134. The fraction of sp³-hybridized carbons (Fsp3) is 0.353. The number of carbonyl (C=O) groups is 1. The molecule has 0 spiro atoms. The van der Waals surface area contributed by atoms with Gasteiger partial charge in [0.15, 0.2) is 5.82 Å². The normalized spacial score (nSPS) is 15.0. The molecule has 0 radical (unpaired) electrons. The van der Waals surface area contributed by atoms with Crippen molar-refractivity contribution < 1.29 is 4.79 Å². The molecule has 5 nitrogen and oxygen atoms in total. The Balaban J connectivity index is 1.76. The number of rotatable bonds is 5. The lowest BCUT2D eigenvalue weighted by molar-refractivity contribution is -0.118. The van der Waals surface area contributed by atoms with Gasteiger partial charge in [0.2, 0.25) is 5.91 Å². The Bertz CT molecular complexity index is 786. The molecule has 1 aromatic carbocycles. The molecule has 6 heteroatoms. The molecule has 1 aliphatic carbocycles. The summed E-state index contributed by atoms with van der Waals surface area (Å²) in [4.78, 5) is 12.7. The van der Waals surface area contributed by atoms with Crippen LogP contribution in [0.4, 0.5) is 5.82 Å². The number of nitriles is 1. The summed E-state index contributed by atoms with van der Waals surface area (Å²) in [6, 6.07) is 11.8. The van der Waals surface area contributed by atoms with Crippen LogP contribution < -0.4 is 5.32 Å². The number of benzene rings is 1. The van der Waals surface area contributed by atoms with E-state index in [0.29, 0.717) is 18.8 Å². The number of hydrogen-bond donors (Lipinski definition) is 1. The van der Waals surface area contributed by atoms with Crippen molar-refractivity contribution in [1.29, 1.82) is 5.26 Å². The lowest BCUT2D eigenvalue weighted by atomic mass is 9.95. The van der Waals surface area contributed by atoms with Crippen LogP contribution in [0.15, 0.2) is 34.8 Å². The molecule has 1 amide bonds. The number of anilines is 1. The number of carbonyl (C=O) groups excluding carboxylic acids is 1. The van der Waals surface area contributed by atoms with Crippen LogP contribution in [0.3, 0.4) is 0 Å². The van der Waals surface area contributed by atoms with E-state index in [1.54, 1.807) is 4.68 Å². The number of nitrogens with one attached hydrogen (secondary N) is 1. The zero-order valence-electron chi connectivity index (χ0n) is 12.8. The molecule has 1 fully saturated rings. The van der Waals surface area contributed by atoms with Crippen molar-refractivity contribution in [2.45, 2.75) is 38.1 Å². The van der Waals surface area contributed by atoms with E-state index in [9.17, 15) is 4.79 Å². The molecule has 0 unspecified atom stereocenters. The zero-order chi connectivity index (χ0) is 16.4. The van der Waals surface area contributed by atoms with Crippen LogP contribution in [0.2, 0.25) is 0 Å². The molecule has 2 aromatic rings. The molecule has 1 saturated carbocycles. The highest BCUT2D eigenvalue weighted by Gasteiger charge is 2.51. The van der Waals surface area contributed by atoms with Gasteiger partial charge < -0.3 is 5.32 Å². The van der Waals surface area contributed by atoms with Gasteiger partial charge in [0.1, 0.15) is 0 Å². The number of aryl methyl sites for hydroxylation is 2. The highest BCUT2D eigenvalue weighted by atomic mass is 79.9. The summed E-state index contributed by atoms with van der Waals surface area (Å²) < 4.78 is 2.73. The van der Waals surface area contributed by atoms with Crippen LogP contribution in [0.1, 0.15) is 30.5 Å². The van der Waals surface area contributed by atoms with Gasteiger partial charge in [-0.05, 0) is 37.5 Å². The summed E-state index contributed by atoms with van der Waals surface area (Å²) in [6.07, 6.45) is 2.10. The molecule has 3 rings (SSSR count). The first kappa shape index (κ1) is 15.8. The van der Waals surface area contributed by atoms with E-state index in [1.165, 1.54) is 0 Å². The Labute approximate surface area is 143 Å². The maximum Gasteiger partial charge on any atom is 0.236 e. The van der Waals surface area contributed by atoms with E-state index in [1.807, 2.05) is 37.3 Å². The highest BCUT2D eigenvalue weighted by molar-refractivity contribution is 9.10. The molecule has 1 heterocycles. The van der Waals surface area contributed by atoms with E-state index in [-0.39, 0.29) is 5.91 Å². The van der Waals surface area contributed by atoms with Crippen LogP contribution in [-0.4, -0.2) is 15.7 Å². The summed E-state index contributed by atoms with van der Waals surface area (Å²) in [5.41, 5.74) is 1.53. The maximum atomic E-state index is 12.7. The summed E-state index contributed by atoms with van der Waals surface area (Å²) in [5, 5.41) is 16.0. The standard InChI is InChI=1S/C17H17BrN4O/c1-12-10-15(21-22(12)9-3-8-19)20-16(23)17(6-7-17)13-4-2-5-14(18)11-13/h2,4-5,10-11H,3,6-7,9H2,1H3,(H,20,21,23). The lowest BCUT2D eigenvalue weighted by Gasteiger charge is -2.15. The number of hydrogen-bond acceptors (Lipinski definition) is 3. The van der Waals surface area contributed by atoms with Gasteiger partial charge in [-0.15, -0.1) is 0 Å². The molecule has 1 N–H and O–H groups in total. The van der Waals surface area contributed by atoms with Crippen molar-refractivity contribution >= 4 is 27.7 Å². The van der Waals surface area contributed by atoms with Crippen LogP contribution >= 0.6 is 15.9 Å². The quantitative estimate of drug-likeness (QED) is 0.872. The average molecular weight is 373 g/mol. The van der Waals surface area contributed by atoms with Gasteiger partial charge in [-0.3, -0.25) is 9.48 Å². The molecule has 1 aromatic heterocycles. The van der Waals surface area contributed by atoms with Gasteiger partial charge in [-0.1, -0.05) is 28.1 Å². The van der Waals surface area contributed by atoms with Crippen LogP contribution in [0.5, 0.6) is 0 Å². The molecule has 23 heavy (non-hydrogen) atoms. The van der Waals surface area contributed by atoms with Crippen LogP contribution in [0, 0.1) is 18.3 Å². The predicted octanol–water partition coefficient (Wildman–Crippen LogP) is 3.54. The molecule has 0 bridgehead atoms. The number of aromatic nitrogens is 2. The number of nitrogens with zero attached hydrogens (tertiary/aromatic N) is 3. The van der Waals surface area contributed by atoms with Gasteiger partial charge >= 0.3 is 0 Å². The van der Waals surface area contributed by atoms with E-state index in [2.05, 4.69) is 32.4 Å². The van der Waals surface area contributed by atoms with E-state index in [0.717, 1.165) is 28.6 Å². The Hall–Kier alpha value is -2.13. The average Bonchev–Trinajstić information content (AvgIpc) is 3.26. The van der Waals surface area contributed by atoms with E-state index < -0.39 is 5.41 Å². The smallest absolute Gasteiger partial charge is 0.236 e. The van der Waals surface area contributed by atoms with E-state index >= 15 is 0 Å². The van der Waals surface area contributed by atoms with Gasteiger partial charge in [-0.2, -0.15) is 10.4 Å². The van der Waals surface area contributed by atoms with Gasteiger partial charge in [0.05, 0.1) is 24.4 Å².